The molecule has 2 rings (SSSR count). The lowest BCUT2D eigenvalue weighted by atomic mass is 9.99. The molecule has 5 heteroatoms. The zero-order chi connectivity index (χ0) is 14.7. The Kier molecular flexibility index (Phi) is 4.97. The third-order valence-corrected chi connectivity index (χ3v) is 3.62. The Bertz CT molecular complexity index is 597. The van der Waals surface area contributed by atoms with Gasteiger partial charge in [0.15, 0.2) is 0 Å². The Balaban J connectivity index is 2.13. The van der Waals surface area contributed by atoms with Crippen molar-refractivity contribution in [2.45, 2.75) is 18.9 Å². The van der Waals surface area contributed by atoms with Gasteiger partial charge in [0.2, 0.25) is 0 Å². The van der Waals surface area contributed by atoms with Gasteiger partial charge >= 0.3 is 0 Å². The van der Waals surface area contributed by atoms with Crippen LogP contribution in [0.5, 0.6) is 0 Å². The maximum atomic E-state index is 13.6. The second-order valence-corrected chi connectivity index (χ2v) is 5.45. The molecule has 0 aliphatic rings. The molecular formula is C15H13Cl2F2N. The van der Waals surface area contributed by atoms with Crippen molar-refractivity contribution in [3.63, 3.8) is 0 Å². The van der Waals surface area contributed by atoms with Gasteiger partial charge in [-0.1, -0.05) is 29.3 Å². The fourth-order valence-electron chi connectivity index (χ4n) is 2.04. The van der Waals surface area contributed by atoms with E-state index in [1.54, 1.807) is 18.2 Å². The Morgan fingerprint density at radius 1 is 1.00 bits per heavy atom. The van der Waals surface area contributed by atoms with Gasteiger partial charge in [-0.05, 0) is 48.7 Å². The number of nitrogens with two attached hydrogens (primary N) is 1. The summed E-state index contributed by atoms with van der Waals surface area (Å²) < 4.78 is 27.1. The van der Waals surface area contributed by atoms with E-state index in [1.165, 1.54) is 18.2 Å². The molecule has 2 aromatic carbocycles. The minimum atomic E-state index is -0.586. The van der Waals surface area contributed by atoms with Crippen molar-refractivity contribution in [3.05, 3.63) is 69.2 Å². The molecule has 1 nitrogen and oxygen atoms in total. The number of halogens is 4. The summed E-state index contributed by atoms with van der Waals surface area (Å²) in [7, 11) is 0. The van der Waals surface area contributed by atoms with Crippen LogP contribution in [0.2, 0.25) is 10.0 Å². The summed E-state index contributed by atoms with van der Waals surface area (Å²) in [5.74, 6) is -1.17. The van der Waals surface area contributed by atoms with E-state index in [9.17, 15) is 8.78 Å². The van der Waals surface area contributed by atoms with E-state index in [-0.39, 0.29) is 12.0 Å². The highest BCUT2D eigenvalue weighted by Crippen LogP contribution is 2.23. The monoisotopic (exact) mass is 315 g/mol. The number of rotatable bonds is 4. The lowest BCUT2D eigenvalue weighted by Crippen LogP contribution is -2.26. The van der Waals surface area contributed by atoms with Crippen molar-refractivity contribution >= 4 is 23.2 Å². The minimum Gasteiger partial charge on any atom is -0.327 e. The molecule has 2 aromatic rings. The SMILES string of the molecule is NC(Cc1cc(Cl)ccc1Cl)Cc1c(F)cccc1F. The van der Waals surface area contributed by atoms with Crippen molar-refractivity contribution in [2.24, 2.45) is 5.73 Å². The maximum absolute atomic E-state index is 13.6. The van der Waals surface area contributed by atoms with Crippen LogP contribution in [0, 0.1) is 11.6 Å². The first kappa shape index (κ1) is 15.2. The first-order valence-electron chi connectivity index (χ1n) is 6.09. The third kappa shape index (κ3) is 3.69. The lowest BCUT2D eigenvalue weighted by molar-refractivity contribution is 0.533. The van der Waals surface area contributed by atoms with E-state index in [1.807, 2.05) is 0 Å². The summed E-state index contributed by atoms with van der Waals surface area (Å²) in [6, 6.07) is 8.38. The number of hydrogen-bond acceptors (Lipinski definition) is 1. The summed E-state index contributed by atoms with van der Waals surface area (Å²) in [5, 5.41) is 1.09. The topological polar surface area (TPSA) is 26.0 Å². The highest BCUT2D eigenvalue weighted by atomic mass is 35.5. The van der Waals surface area contributed by atoms with E-state index in [2.05, 4.69) is 0 Å². The predicted molar refractivity (Wildman–Crippen MR) is 78.2 cm³/mol. The summed E-state index contributed by atoms with van der Waals surface area (Å²) in [4.78, 5) is 0. The second kappa shape index (κ2) is 6.53. The molecule has 0 bridgehead atoms. The zero-order valence-electron chi connectivity index (χ0n) is 10.5. The van der Waals surface area contributed by atoms with E-state index < -0.39 is 17.7 Å². The van der Waals surface area contributed by atoms with Gasteiger partial charge in [0.25, 0.3) is 0 Å². The minimum absolute atomic E-state index is 0.00171. The van der Waals surface area contributed by atoms with Crippen LogP contribution >= 0.6 is 23.2 Å². The van der Waals surface area contributed by atoms with Crippen molar-refractivity contribution < 1.29 is 8.78 Å². The Morgan fingerprint density at radius 2 is 1.65 bits per heavy atom. The molecule has 0 fully saturated rings. The van der Waals surface area contributed by atoms with Crippen LogP contribution in [-0.4, -0.2) is 6.04 Å². The van der Waals surface area contributed by atoms with Crippen LogP contribution in [0.4, 0.5) is 8.78 Å². The van der Waals surface area contributed by atoms with Crippen LogP contribution in [-0.2, 0) is 12.8 Å². The van der Waals surface area contributed by atoms with Crippen LogP contribution in [0.3, 0.4) is 0 Å². The van der Waals surface area contributed by atoms with E-state index in [0.717, 1.165) is 5.56 Å². The average Bonchev–Trinajstić information content (AvgIpc) is 2.38. The molecule has 0 spiro atoms. The van der Waals surface area contributed by atoms with Gasteiger partial charge in [-0.3, -0.25) is 0 Å². The number of benzene rings is 2. The molecule has 0 aliphatic carbocycles. The van der Waals surface area contributed by atoms with Crippen molar-refractivity contribution in [1.82, 2.24) is 0 Å². The molecule has 0 amide bonds. The van der Waals surface area contributed by atoms with Gasteiger partial charge in [-0.2, -0.15) is 0 Å². The molecule has 1 unspecified atom stereocenters. The summed E-state index contributed by atoms with van der Waals surface area (Å²) in [6.45, 7) is 0. The largest absolute Gasteiger partial charge is 0.327 e. The zero-order valence-corrected chi connectivity index (χ0v) is 12.1. The lowest BCUT2D eigenvalue weighted by Gasteiger charge is -2.14. The van der Waals surface area contributed by atoms with Crippen molar-refractivity contribution in [3.8, 4) is 0 Å². The smallest absolute Gasteiger partial charge is 0.129 e. The van der Waals surface area contributed by atoms with Gasteiger partial charge in [-0.25, -0.2) is 8.78 Å². The second-order valence-electron chi connectivity index (χ2n) is 4.60. The highest BCUT2D eigenvalue weighted by Gasteiger charge is 2.14. The first-order chi connectivity index (χ1) is 9.47. The molecule has 0 aliphatic heterocycles. The average molecular weight is 316 g/mol. The Morgan fingerprint density at radius 3 is 2.30 bits per heavy atom. The summed E-state index contributed by atoms with van der Waals surface area (Å²) in [5.41, 5.74) is 6.72. The summed E-state index contributed by atoms with van der Waals surface area (Å²) in [6.07, 6.45) is 0.495. The fraction of sp³-hybridized carbons (Fsp3) is 0.200. The van der Waals surface area contributed by atoms with Crippen LogP contribution in [0.25, 0.3) is 0 Å². The first-order valence-corrected chi connectivity index (χ1v) is 6.85. The molecule has 0 saturated heterocycles. The van der Waals surface area contributed by atoms with Crippen LogP contribution < -0.4 is 5.73 Å². The molecule has 106 valence electrons. The fourth-order valence-corrected chi connectivity index (χ4v) is 2.43. The van der Waals surface area contributed by atoms with Gasteiger partial charge in [-0.15, -0.1) is 0 Å². The molecule has 0 radical (unpaired) electrons. The van der Waals surface area contributed by atoms with Gasteiger partial charge in [0.1, 0.15) is 11.6 Å². The Labute approximate surface area is 126 Å². The van der Waals surface area contributed by atoms with E-state index in [4.69, 9.17) is 28.9 Å². The molecule has 2 N–H and O–H groups in total. The van der Waals surface area contributed by atoms with Crippen LogP contribution in [0.15, 0.2) is 36.4 Å². The molecular weight excluding hydrogens is 303 g/mol. The quantitative estimate of drug-likeness (QED) is 0.890. The third-order valence-electron chi connectivity index (χ3n) is 3.02. The number of hydrogen-bond donors (Lipinski definition) is 1. The molecule has 0 aromatic heterocycles. The van der Waals surface area contributed by atoms with Crippen molar-refractivity contribution in [2.75, 3.05) is 0 Å². The summed E-state index contributed by atoms with van der Waals surface area (Å²) >= 11 is 11.9. The molecule has 0 saturated carbocycles. The van der Waals surface area contributed by atoms with E-state index in [0.29, 0.717) is 16.5 Å². The van der Waals surface area contributed by atoms with Gasteiger partial charge in [0, 0.05) is 21.7 Å². The Hall–Kier alpha value is -1.16. The van der Waals surface area contributed by atoms with Crippen LogP contribution in [0.1, 0.15) is 11.1 Å². The van der Waals surface area contributed by atoms with Gasteiger partial charge in [0.05, 0.1) is 0 Å². The molecule has 1 atom stereocenters. The molecule has 0 heterocycles. The molecule has 20 heavy (non-hydrogen) atoms. The normalized spacial score (nSPS) is 12.4. The van der Waals surface area contributed by atoms with Gasteiger partial charge < -0.3 is 5.73 Å². The highest BCUT2D eigenvalue weighted by molar-refractivity contribution is 6.33. The predicted octanol–water partition coefficient (Wildman–Crippen LogP) is 4.38. The maximum Gasteiger partial charge on any atom is 0.129 e. The van der Waals surface area contributed by atoms with Crippen molar-refractivity contribution in [1.29, 1.82) is 0 Å². The standard InChI is InChI=1S/C15H13Cl2F2N/c16-10-4-5-13(17)9(6-10)7-11(20)8-12-14(18)2-1-3-15(12)19/h1-6,11H,7-8,20H2. The van der Waals surface area contributed by atoms with E-state index >= 15 is 0 Å².